The number of halogens is 1. The summed E-state index contributed by atoms with van der Waals surface area (Å²) in [7, 11) is 0. The Kier molecular flexibility index (Phi) is 3.47. The van der Waals surface area contributed by atoms with Gasteiger partial charge in [0.1, 0.15) is 0 Å². The van der Waals surface area contributed by atoms with Crippen LogP contribution in [0.2, 0.25) is 5.15 Å². The van der Waals surface area contributed by atoms with Crippen LogP contribution in [-0.4, -0.2) is 26.9 Å². The number of hydrogen-bond donors (Lipinski definition) is 1. The van der Waals surface area contributed by atoms with E-state index >= 15 is 0 Å². The molecule has 0 aliphatic rings. The van der Waals surface area contributed by atoms with Gasteiger partial charge in [0.05, 0.1) is 0 Å². The zero-order chi connectivity index (χ0) is 13.9. The lowest BCUT2D eigenvalue weighted by Gasteiger charge is -2.07. The smallest absolute Gasteiger partial charge is 0.223 e. The SMILES string of the molecule is Cc1nc(CCNc2nnc(Cl)c3ccccc23)no1. The lowest BCUT2D eigenvalue weighted by Crippen LogP contribution is -2.08. The van der Waals surface area contributed by atoms with Crippen LogP contribution in [0.1, 0.15) is 11.7 Å². The number of fused-ring (bicyclic) bond motifs is 1. The summed E-state index contributed by atoms with van der Waals surface area (Å²) in [4.78, 5) is 4.14. The van der Waals surface area contributed by atoms with Crippen LogP contribution >= 0.6 is 11.6 Å². The van der Waals surface area contributed by atoms with E-state index < -0.39 is 0 Å². The molecular formula is C13H12ClN5O. The third kappa shape index (κ3) is 2.55. The summed E-state index contributed by atoms with van der Waals surface area (Å²) in [6.07, 6.45) is 0.649. The van der Waals surface area contributed by atoms with Crippen LogP contribution in [0.25, 0.3) is 10.8 Å². The second-order valence-electron chi connectivity index (χ2n) is 4.29. The first-order chi connectivity index (χ1) is 9.74. The van der Waals surface area contributed by atoms with Gasteiger partial charge < -0.3 is 9.84 Å². The van der Waals surface area contributed by atoms with Crippen molar-refractivity contribution in [1.29, 1.82) is 0 Å². The number of anilines is 1. The summed E-state index contributed by atoms with van der Waals surface area (Å²) < 4.78 is 4.92. The summed E-state index contributed by atoms with van der Waals surface area (Å²) in [5, 5.41) is 17.3. The molecule has 7 heteroatoms. The molecule has 0 amide bonds. The van der Waals surface area contributed by atoms with Gasteiger partial charge in [0.15, 0.2) is 16.8 Å². The van der Waals surface area contributed by atoms with Gasteiger partial charge in [0, 0.05) is 30.7 Å². The zero-order valence-electron chi connectivity index (χ0n) is 10.8. The highest BCUT2D eigenvalue weighted by Gasteiger charge is 2.07. The van der Waals surface area contributed by atoms with E-state index in [9.17, 15) is 0 Å². The average molecular weight is 290 g/mol. The summed E-state index contributed by atoms with van der Waals surface area (Å²) in [5.41, 5.74) is 0. The molecule has 3 rings (SSSR count). The van der Waals surface area contributed by atoms with E-state index in [2.05, 4.69) is 25.7 Å². The fraction of sp³-hybridized carbons (Fsp3) is 0.231. The van der Waals surface area contributed by atoms with Crippen LogP contribution in [0.15, 0.2) is 28.8 Å². The molecule has 0 fully saturated rings. The zero-order valence-corrected chi connectivity index (χ0v) is 11.6. The molecule has 0 aliphatic heterocycles. The molecule has 0 saturated carbocycles. The Labute approximate surface area is 120 Å². The van der Waals surface area contributed by atoms with E-state index in [0.717, 1.165) is 10.8 Å². The number of nitrogens with one attached hydrogen (secondary N) is 1. The first-order valence-electron chi connectivity index (χ1n) is 6.18. The minimum atomic E-state index is 0.403. The largest absolute Gasteiger partial charge is 0.368 e. The van der Waals surface area contributed by atoms with E-state index in [-0.39, 0.29) is 0 Å². The molecule has 1 aromatic carbocycles. The highest BCUT2D eigenvalue weighted by Crippen LogP contribution is 2.25. The molecule has 2 heterocycles. The van der Waals surface area contributed by atoms with Gasteiger partial charge in [-0.15, -0.1) is 10.2 Å². The predicted octanol–water partition coefficient (Wildman–Crippen LogP) is 2.63. The van der Waals surface area contributed by atoms with Gasteiger partial charge >= 0.3 is 0 Å². The molecule has 3 aromatic rings. The van der Waals surface area contributed by atoms with Crippen LogP contribution in [0, 0.1) is 6.92 Å². The lowest BCUT2D eigenvalue weighted by molar-refractivity contribution is 0.387. The maximum Gasteiger partial charge on any atom is 0.223 e. The first-order valence-corrected chi connectivity index (χ1v) is 6.56. The predicted molar refractivity (Wildman–Crippen MR) is 75.8 cm³/mol. The number of aryl methyl sites for hydroxylation is 1. The molecule has 0 unspecified atom stereocenters. The highest BCUT2D eigenvalue weighted by molar-refractivity contribution is 6.34. The van der Waals surface area contributed by atoms with Crippen LogP contribution in [0.3, 0.4) is 0 Å². The molecule has 2 aromatic heterocycles. The molecule has 0 atom stereocenters. The normalized spacial score (nSPS) is 10.9. The molecule has 6 nitrogen and oxygen atoms in total. The minimum Gasteiger partial charge on any atom is -0.368 e. The number of hydrogen-bond acceptors (Lipinski definition) is 6. The van der Waals surface area contributed by atoms with Crippen molar-refractivity contribution in [3.8, 4) is 0 Å². The Morgan fingerprint density at radius 2 is 2.00 bits per heavy atom. The molecule has 0 spiro atoms. The van der Waals surface area contributed by atoms with Crippen LogP contribution in [-0.2, 0) is 6.42 Å². The molecule has 0 aliphatic carbocycles. The van der Waals surface area contributed by atoms with Gasteiger partial charge in [-0.1, -0.05) is 41.0 Å². The van der Waals surface area contributed by atoms with Gasteiger partial charge in [-0.05, 0) is 0 Å². The Bertz CT molecular complexity index is 742. The number of nitrogens with zero attached hydrogens (tertiary/aromatic N) is 4. The topological polar surface area (TPSA) is 76.7 Å². The fourth-order valence-electron chi connectivity index (χ4n) is 1.94. The molecule has 102 valence electrons. The van der Waals surface area contributed by atoms with Gasteiger partial charge in [0.2, 0.25) is 5.89 Å². The summed E-state index contributed by atoms with van der Waals surface area (Å²) in [5.74, 6) is 1.93. The standard InChI is InChI=1S/C13H12ClN5O/c1-8-16-11(19-20-8)6-7-15-13-10-5-3-2-4-9(10)12(14)17-18-13/h2-5H,6-7H2,1H3,(H,15,18). The van der Waals surface area contributed by atoms with Crippen molar-refractivity contribution < 1.29 is 4.52 Å². The molecule has 20 heavy (non-hydrogen) atoms. The maximum atomic E-state index is 6.03. The Balaban J connectivity index is 1.76. The Hall–Kier alpha value is -2.21. The van der Waals surface area contributed by atoms with Crippen molar-refractivity contribution in [3.05, 3.63) is 41.1 Å². The summed E-state index contributed by atoms with van der Waals surface area (Å²) in [6.45, 7) is 2.40. The first kappa shape index (κ1) is 12.8. The van der Waals surface area contributed by atoms with Gasteiger partial charge in [-0.2, -0.15) is 4.98 Å². The highest BCUT2D eigenvalue weighted by atomic mass is 35.5. The fourth-order valence-corrected chi connectivity index (χ4v) is 2.14. The van der Waals surface area contributed by atoms with Crippen molar-refractivity contribution in [2.75, 3.05) is 11.9 Å². The van der Waals surface area contributed by atoms with Gasteiger partial charge in [-0.3, -0.25) is 0 Å². The van der Waals surface area contributed by atoms with E-state index in [4.69, 9.17) is 16.1 Å². The summed E-state index contributed by atoms with van der Waals surface area (Å²) in [6, 6.07) is 7.73. The van der Waals surface area contributed by atoms with E-state index in [0.29, 0.717) is 35.7 Å². The van der Waals surface area contributed by atoms with E-state index in [1.807, 2.05) is 24.3 Å². The number of aromatic nitrogens is 4. The van der Waals surface area contributed by atoms with Crippen molar-refractivity contribution >= 4 is 28.2 Å². The average Bonchev–Trinajstić information content (AvgIpc) is 2.87. The van der Waals surface area contributed by atoms with Gasteiger partial charge in [-0.25, -0.2) is 0 Å². The second-order valence-corrected chi connectivity index (χ2v) is 4.65. The third-order valence-corrected chi connectivity index (χ3v) is 3.13. The minimum absolute atomic E-state index is 0.403. The Morgan fingerprint density at radius 3 is 2.75 bits per heavy atom. The van der Waals surface area contributed by atoms with Crippen molar-refractivity contribution in [2.45, 2.75) is 13.3 Å². The van der Waals surface area contributed by atoms with E-state index in [1.165, 1.54) is 0 Å². The van der Waals surface area contributed by atoms with Crippen molar-refractivity contribution in [2.24, 2.45) is 0 Å². The second kappa shape index (κ2) is 5.42. The molecule has 0 saturated heterocycles. The quantitative estimate of drug-likeness (QED) is 0.795. The van der Waals surface area contributed by atoms with Crippen molar-refractivity contribution in [1.82, 2.24) is 20.3 Å². The number of rotatable bonds is 4. The lowest BCUT2D eigenvalue weighted by atomic mass is 10.2. The van der Waals surface area contributed by atoms with Crippen molar-refractivity contribution in [3.63, 3.8) is 0 Å². The number of benzene rings is 1. The molecule has 0 bridgehead atoms. The molecule has 0 radical (unpaired) electrons. The van der Waals surface area contributed by atoms with Crippen LogP contribution < -0.4 is 5.32 Å². The maximum absolute atomic E-state index is 6.03. The monoisotopic (exact) mass is 289 g/mol. The van der Waals surface area contributed by atoms with Gasteiger partial charge in [0.25, 0.3) is 0 Å². The van der Waals surface area contributed by atoms with E-state index in [1.54, 1.807) is 6.92 Å². The Morgan fingerprint density at radius 1 is 1.20 bits per heavy atom. The summed E-state index contributed by atoms with van der Waals surface area (Å²) >= 11 is 6.03. The molecule has 1 N–H and O–H groups in total. The third-order valence-electron chi connectivity index (χ3n) is 2.85. The molecular weight excluding hydrogens is 278 g/mol. The van der Waals surface area contributed by atoms with Crippen LogP contribution in [0.5, 0.6) is 0 Å². The van der Waals surface area contributed by atoms with Crippen LogP contribution in [0.4, 0.5) is 5.82 Å².